The molecule has 1 aliphatic heterocycles. The summed E-state index contributed by atoms with van der Waals surface area (Å²) < 4.78 is 27.3. The normalized spacial score (nSPS) is 16.7. The van der Waals surface area contributed by atoms with Crippen LogP contribution in [0.3, 0.4) is 0 Å². The minimum absolute atomic E-state index is 0.0147. The fourth-order valence-electron chi connectivity index (χ4n) is 2.93. The van der Waals surface area contributed by atoms with Crippen LogP contribution in [0.25, 0.3) is 0 Å². The number of piperidine rings is 1. The van der Waals surface area contributed by atoms with Crippen molar-refractivity contribution in [1.82, 2.24) is 14.3 Å². The van der Waals surface area contributed by atoms with Crippen LogP contribution in [0.5, 0.6) is 0 Å². The van der Waals surface area contributed by atoms with E-state index in [1.807, 2.05) is 24.3 Å². The molecule has 0 atom stereocenters. The molecule has 1 aromatic carbocycles. The Morgan fingerprint density at radius 2 is 1.92 bits per heavy atom. The number of imidazole rings is 1. The molecule has 1 aromatic heterocycles. The number of aromatic amines is 1. The van der Waals surface area contributed by atoms with E-state index in [4.69, 9.17) is 0 Å². The standard InChI is InChI=1S/C16H19BrN4O3S/c1-20(14-4-2-13(17)3-5-14)16(22)12-6-8-21(9-7-12)25(23,24)15-10-18-11-19-15/h2-5,10-12H,6-9H2,1H3,(H,18,19). The number of nitrogens with zero attached hydrogens (tertiary/aromatic N) is 3. The minimum atomic E-state index is -3.56. The van der Waals surface area contributed by atoms with Crippen molar-refractivity contribution in [3.05, 3.63) is 41.3 Å². The third-order valence-electron chi connectivity index (χ3n) is 4.44. The predicted molar refractivity (Wildman–Crippen MR) is 97.6 cm³/mol. The molecule has 1 N–H and O–H groups in total. The van der Waals surface area contributed by atoms with E-state index in [1.54, 1.807) is 11.9 Å². The Kier molecular flexibility index (Phi) is 5.26. The summed E-state index contributed by atoms with van der Waals surface area (Å²) in [4.78, 5) is 20.7. The topological polar surface area (TPSA) is 86.4 Å². The van der Waals surface area contributed by atoms with Crippen LogP contribution < -0.4 is 4.90 Å². The molecule has 1 saturated heterocycles. The van der Waals surface area contributed by atoms with Crippen LogP contribution in [0.15, 0.2) is 46.3 Å². The van der Waals surface area contributed by atoms with Gasteiger partial charge in [-0.2, -0.15) is 4.31 Å². The average Bonchev–Trinajstić information content (AvgIpc) is 3.17. The molecule has 3 rings (SSSR count). The van der Waals surface area contributed by atoms with Gasteiger partial charge in [-0.15, -0.1) is 0 Å². The first kappa shape index (κ1) is 18.1. The molecule has 0 radical (unpaired) electrons. The average molecular weight is 427 g/mol. The van der Waals surface area contributed by atoms with Crippen LogP contribution in [-0.4, -0.2) is 48.7 Å². The molecule has 0 bridgehead atoms. The number of sulfonamides is 1. The van der Waals surface area contributed by atoms with Crippen molar-refractivity contribution in [2.75, 3.05) is 25.0 Å². The van der Waals surface area contributed by atoms with Crippen molar-refractivity contribution >= 4 is 37.5 Å². The zero-order valence-electron chi connectivity index (χ0n) is 13.7. The molecule has 1 fully saturated rings. The van der Waals surface area contributed by atoms with E-state index in [2.05, 4.69) is 25.9 Å². The van der Waals surface area contributed by atoms with Gasteiger partial charge in [0.2, 0.25) is 5.91 Å². The van der Waals surface area contributed by atoms with Crippen molar-refractivity contribution < 1.29 is 13.2 Å². The van der Waals surface area contributed by atoms with E-state index in [0.29, 0.717) is 25.9 Å². The highest BCUT2D eigenvalue weighted by Crippen LogP contribution is 2.26. The molecule has 9 heteroatoms. The Labute approximate surface area is 155 Å². The molecule has 134 valence electrons. The largest absolute Gasteiger partial charge is 0.335 e. The van der Waals surface area contributed by atoms with Gasteiger partial charge in [-0.25, -0.2) is 13.4 Å². The van der Waals surface area contributed by atoms with Gasteiger partial charge in [-0.3, -0.25) is 4.79 Å². The minimum Gasteiger partial charge on any atom is -0.335 e. The monoisotopic (exact) mass is 426 g/mol. The van der Waals surface area contributed by atoms with E-state index < -0.39 is 10.0 Å². The van der Waals surface area contributed by atoms with Gasteiger partial charge >= 0.3 is 0 Å². The second kappa shape index (κ2) is 7.27. The number of rotatable bonds is 4. The smallest absolute Gasteiger partial charge is 0.260 e. The fourth-order valence-corrected chi connectivity index (χ4v) is 4.56. The summed E-state index contributed by atoms with van der Waals surface area (Å²) in [7, 11) is -1.81. The lowest BCUT2D eigenvalue weighted by Gasteiger charge is -2.32. The number of hydrogen-bond acceptors (Lipinski definition) is 4. The molecule has 0 aliphatic carbocycles. The van der Waals surface area contributed by atoms with Gasteiger partial charge < -0.3 is 9.88 Å². The summed E-state index contributed by atoms with van der Waals surface area (Å²) >= 11 is 3.38. The van der Waals surface area contributed by atoms with Crippen molar-refractivity contribution in [3.63, 3.8) is 0 Å². The Morgan fingerprint density at radius 1 is 1.28 bits per heavy atom. The summed E-state index contributed by atoms with van der Waals surface area (Å²) in [5.74, 6) is -0.164. The quantitative estimate of drug-likeness (QED) is 0.811. The Balaban J connectivity index is 1.64. The molecule has 0 saturated carbocycles. The maximum atomic E-state index is 12.7. The van der Waals surface area contributed by atoms with Crippen molar-refractivity contribution in [2.45, 2.75) is 17.9 Å². The maximum absolute atomic E-state index is 12.7. The first-order valence-corrected chi connectivity index (χ1v) is 10.1. The zero-order valence-corrected chi connectivity index (χ0v) is 16.1. The highest BCUT2D eigenvalue weighted by molar-refractivity contribution is 9.10. The third kappa shape index (κ3) is 3.78. The van der Waals surface area contributed by atoms with E-state index in [9.17, 15) is 13.2 Å². The number of halogens is 1. The van der Waals surface area contributed by atoms with Gasteiger partial charge in [0.05, 0.1) is 12.5 Å². The van der Waals surface area contributed by atoms with Gasteiger partial charge in [0.25, 0.3) is 10.0 Å². The first-order chi connectivity index (χ1) is 11.9. The van der Waals surface area contributed by atoms with Crippen LogP contribution >= 0.6 is 15.9 Å². The predicted octanol–water partition coefficient (Wildman–Crippen LogP) is 2.24. The number of nitrogens with one attached hydrogen (secondary N) is 1. The lowest BCUT2D eigenvalue weighted by Crippen LogP contribution is -2.43. The highest BCUT2D eigenvalue weighted by Gasteiger charge is 2.33. The first-order valence-electron chi connectivity index (χ1n) is 7.91. The van der Waals surface area contributed by atoms with Gasteiger partial charge in [0.1, 0.15) is 0 Å². The Bertz CT molecular complexity index is 829. The third-order valence-corrected chi connectivity index (χ3v) is 6.79. The number of aromatic nitrogens is 2. The van der Waals surface area contributed by atoms with E-state index >= 15 is 0 Å². The highest BCUT2D eigenvalue weighted by atomic mass is 79.9. The fraction of sp³-hybridized carbons (Fsp3) is 0.375. The van der Waals surface area contributed by atoms with Gasteiger partial charge in [0, 0.05) is 36.2 Å². The molecule has 1 aliphatic rings. The lowest BCUT2D eigenvalue weighted by molar-refractivity contribution is -0.123. The summed E-state index contributed by atoms with van der Waals surface area (Å²) in [6.07, 6.45) is 3.66. The molecule has 2 aromatic rings. The van der Waals surface area contributed by atoms with Crippen LogP contribution in [-0.2, 0) is 14.8 Å². The van der Waals surface area contributed by atoms with E-state index in [1.165, 1.54) is 16.8 Å². The number of amides is 1. The van der Waals surface area contributed by atoms with Gasteiger partial charge in [0.15, 0.2) is 5.03 Å². The van der Waals surface area contributed by atoms with Gasteiger partial charge in [-0.1, -0.05) is 15.9 Å². The number of carbonyl (C=O) groups is 1. The van der Waals surface area contributed by atoms with Crippen molar-refractivity contribution in [3.8, 4) is 0 Å². The second-order valence-electron chi connectivity index (χ2n) is 5.97. The number of carbonyl (C=O) groups excluding carboxylic acids is 1. The Hall–Kier alpha value is -1.71. The number of hydrogen-bond donors (Lipinski definition) is 1. The molecule has 0 unspecified atom stereocenters. The molecule has 0 spiro atoms. The number of H-pyrrole nitrogens is 1. The van der Waals surface area contributed by atoms with Crippen LogP contribution in [0, 0.1) is 5.92 Å². The maximum Gasteiger partial charge on any atom is 0.260 e. The van der Waals surface area contributed by atoms with Crippen molar-refractivity contribution in [1.29, 1.82) is 0 Å². The van der Waals surface area contributed by atoms with Gasteiger partial charge in [-0.05, 0) is 37.1 Å². The molecule has 2 heterocycles. The number of benzene rings is 1. The summed E-state index contributed by atoms with van der Waals surface area (Å²) in [5, 5.41) is 0.0873. The molecular formula is C16H19BrN4O3S. The SMILES string of the molecule is CN(C(=O)C1CCN(S(=O)(=O)c2cnc[nH]2)CC1)c1ccc(Br)cc1. The van der Waals surface area contributed by atoms with Crippen LogP contribution in [0.2, 0.25) is 0 Å². The van der Waals surface area contributed by atoms with Crippen LogP contribution in [0.1, 0.15) is 12.8 Å². The number of anilines is 1. The molecule has 7 nitrogen and oxygen atoms in total. The second-order valence-corrected chi connectivity index (χ2v) is 8.79. The van der Waals surface area contributed by atoms with E-state index in [0.717, 1.165) is 10.2 Å². The Morgan fingerprint density at radius 3 is 2.48 bits per heavy atom. The summed E-state index contributed by atoms with van der Waals surface area (Å²) in [5.41, 5.74) is 0.820. The molecular weight excluding hydrogens is 408 g/mol. The summed E-state index contributed by atoms with van der Waals surface area (Å²) in [6.45, 7) is 0.651. The summed E-state index contributed by atoms with van der Waals surface area (Å²) in [6, 6.07) is 7.52. The molecule has 1 amide bonds. The van der Waals surface area contributed by atoms with Crippen LogP contribution in [0.4, 0.5) is 5.69 Å². The molecule has 25 heavy (non-hydrogen) atoms. The zero-order chi connectivity index (χ0) is 18.0. The van der Waals surface area contributed by atoms with Crippen molar-refractivity contribution in [2.24, 2.45) is 5.92 Å². The lowest BCUT2D eigenvalue weighted by atomic mass is 9.96. The van der Waals surface area contributed by atoms with E-state index in [-0.39, 0.29) is 16.9 Å².